The van der Waals surface area contributed by atoms with Gasteiger partial charge in [0, 0.05) is 55.5 Å². The van der Waals surface area contributed by atoms with Gasteiger partial charge in [0.15, 0.2) is 0 Å². The number of nitrogens with one attached hydrogen (secondary N) is 2. The van der Waals surface area contributed by atoms with Gasteiger partial charge >= 0.3 is 6.36 Å². The van der Waals surface area contributed by atoms with Gasteiger partial charge in [-0.05, 0) is 112 Å². The number of halogens is 4. The van der Waals surface area contributed by atoms with Crippen molar-refractivity contribution in [3.8, 4) is 16.9 Å². The summed E-state index contributed by atoms with van der Waals surface area (Å²) in [4.78, 5) is 53.1. The first-order chi connectivity index (χ1) is 25.1. The van der Waals surface area contributed by atoms with Gasteiger partial charge in [-0.2, -0.15) is 0 Å². The number of pyridine rings is 1. The number of anilines is 2. The molecule has 2 amide bonds. The zero-order valence-corrected chi connectivity index (χ0v) is 30.2. The highest BCUT2D eigenvalue weighted by Crippen LogP contribution is 2.36. The van der Waals surface area contributed by atoms with Gasteiger partial charge in [-0.1, -0.05) is 12.1 Å². The summed E-state index contributed by atoms with van der Waals surface area (Å²) >= 11 is 0. The SMILES string of the molecule is Cc1c(-c2ccc(CC3CCN(CC(=O)C4CCN(c5ccc(NC6CCC(=O)NC6=O)cc5F)CC4)CC3)c(OC(F)(F)F)c2)cn(C)c(=O)c1C. The number of amides is 2. The first-order valence-electron chi connectivity index (χ1n) is 18.1. The summed E-state index contributed by atoms with van der Waals surface area (Å²) < 4.78 is 61.6. The number of carbonyl (C=O) groups excluding carboxylic acids is 3. The van der Waals surface area contributed by atoms with E-state index in [9.17, 15) is 32.3 Å². The number of alkyl halides is 3. The van der Waals surface area contributed by atoms with E-state index in [2.05, 4.69) is 20.3 Å². The predicted molar refractivity (Wildman–Crippen MR) is 192 cm³/mol. The molecular formula is C39H45F4N5O5. The quantitative estimate of drug-likeness (QED) is 0.202. The lowest BCUT2D eigenvalue weighted by Crippen LogP contribution is -2.47. The zero-order valence-electron chi connectivity index (χ0n) is 30.2. The minimum Gasteiger partial charge on any atom is -0.405 e. The van der Waals surface area contributed by atoms with Gasteiger partial charge in [0.2, 0.25) is 11.8 Å². The maximum absolute atomic E-state index is 15.1. The Balaban J connectivity index is 0.996. The van der Waals surface area contributed by atoms with E-state index in [1.165, 1.54) is 16.7 Å². The van der Waals surface area contributed by atoms with Crippen molar-refractivity contribution in [2.45, 2.75) is 71.2 Å². The first-order valence-corrected chi connectivity index (χ1v) is 18.1. The first kappa shape index (κ1) is 38.0. The second kappa shape index (κ2) is 15.7. The molecule has 6 rings (SSSR count). The van der Waals surface area contributed by atoms with E-state index >= 15 is 4.39 Å². The number of ketones is 1. The molecule has 1 aromatic heterocycles. The van der Waals surface area contributed by atoms with Crippen LogP contribution in [-0.4, -0.2) is 72.2 Å². The summed E-state index contributed by atoms with van der Waals surface area (Å²) in [5.74, 6) is -1.30. The van der Waals surface area contributed by atoms with Crippen molar-refractivity contribution in [2.75, 3.05) is 42.9 Å². The van der Waals surface area contributed by atoms with Crippen molar-refractivity contribution < 1.29 is 36.7 Å². The lowest BCUT2D eigenvalue weighted by molar-refractivity contribution is -0.274. The highest BCUT2D eigenvalue weighted by Gasteiger charge is 2.34. The van der Waals surface area contributed by atoms with Gasteiger partial charge in [0.05, 0.1) is 12.2 Å². The molecule has 2 aromatic carbocycles. The van der Waals surface area contributed by atoms with E-state index in [0.29, 0.717) is 97.6 Å². The van der Waals surface area contributed by atoms with E-state index < -0.39 is 24.1 Å². The number of nitrogens with zero attached hydrogens (tertiary/aromatic N) is 3. The van der Waals surface area contributed by atoms with Crippen LogP contribution in [0, 0.1) is 31.5 Å². The van der Waals surface area contributed by atoms with Gasteiger partial charge in [-0.15, -0.1) is 13.2 Å². The molecule has 3 aliphatic heterocycles. The number of aromatic nitrogens is 1. The third-order valence-corrected chi connectivity index (χ3v) is 10.9. The van der Waals surface area contributed by atoms with Crippen LogP contribution in [0.4, 0.5) is 28.9 Å². The average Bonchev–Trinajstić information content (AvgIpc) is 3.11. The van der Waals surface area contributed by atoms with Crippen molar-refractivity contribution in [2.24, 2.45) is 18.9 Å². The van der Waals surface area contributed by atoms with Gasteiger partial charge in [-0.3, -0.25) is 29.4 Å². The molecule has 4 heterocycles. The molecule has 3 aromatic rings. The van der Waals surface area contributed by atoms with E-state index in [1.54, 1.807) is 51.4 Å². The van der Waals surface area contributed by atoms with Crippen LogP contribution in [0.2, 0.25) is 0 Å². The number of hydrogen-bond acceptors (Lipinski definition) is 8. The highest BCUT2D eigenvalue weighted by atomic mass is 19.4. The minimum absolute atomic E-state index is 0.119. The van der Waals surface area contributed by atoms with E-state index in [0.717, 1.165) is 12.8 Å². The standard InChI is InChI=1S/C39H45F4N5O5/c1-23-24(2)38(52)46(3)21-30(23)27-4-5-28(35(19-27)53-39(41,42)43)18-25-10-14-47(15-11-25)22-34(49)26-12-16-48(17-13-26)33-8-6-29(20-31(33)40)44-32-7-9-36(50)45-37(32)51/h4-6,8,19-21,25-26,32,44H,7,9-18,22H2,1-3H3,(H,45,50,51). The van der Waals surface area contributed by atoms with E-state index in [4.69, 9.17) is 0 Å². The van der Waals surface area contributed by atoms with Crippen LogP contribution in [0.25, 0.3) is 11.1 Å². The van der Waals surface area contributed by atoms with Crippen molar-refractivity contribution in [3.63, 3.8) is 0 Å². The lowest BCUT2D eigenvalue weighted by Gasteiger charge is -2.35. The van der Waals surface area contributed by atoms with Gasteiger partial charge in [0.1, 0.15) is 23.4 Å². The molecule has 53 heavy (non-hydrogen) atoms. The smallest absolute Gasteiger partial charge is 0.405 e. The molecule has 0 aliphatic carbocycles. The molecule has 0 spiro atoms. The number of Topliss-reactive ketones (excluding diaryl/α,β-unsaturated/α-hetero) is 1. The number of likely N-dealkylation sites (tertiary alicyclic amines) is 1. The number of piperidine rings is 3. The zero-order chi connectivity index (χ0) is 38.0. The number of carbonyl (C=O) groups is 3. The normalized spacial score (nSPS) is 19.3. The Morgan fingerprint density at radius 3 is 2.32 bits per heavy atom. The Bertz CT molecular complexity index is 1930. The molecule has 3 aliphatic rings. The number of benzene rings is 2. The fourth-order valence-corrected chi connectivity index (χ4v) is 7.71. The summed E-state index contributed by atoms with van der Waals surface area (Å²) in [6.07, 6.45) is 0.380. The Morgan fingerprint density at radius 1 is 0.943 bits per heavy atom. The van der Waals surface area contributed by atoms with Crippen molar-refractivity contribution in [1.82, 2.24) is 14.8 Å². The molecule has 1 atom stereocenters. The van der Waals surface area contributed by atoms with Crippen LogP contribution in [0.3, 0.4) is 0 Å². The van der Waals surface area contributed by atoms with Crippen molar-refractivity contribution >= 4 is 29.0 Å². The average molecular weight is 740 g/mol. The van der Waals surface area contributed by atoms with Gasteiger partial charge in [0.25, 0.3) is 5.56 Å². The monoisotopic (exact) mass is 739 g/mol. The summed E-state index contributed by atoms with van der Waals surface area (Å²) in [6, 6.07) is 8.96. The second-order valence-corrected chi connectivity index (χ2v) is 14.5. The summed E-state index contributed by atoms with van der Waals surface area (Å²) in [5.41, 5.74) is 3.61. The number of aryl methyl sites for hydroxylation is 1. The van der Waals surface area contributed by atoms with Crippen molar-refractivity contribution in [1.29, 1.82) is 0 Å². The molecule has 3 saturated heterocycles. The van der Waals surface area contributed by atoms with E-state index in [-0.39, 0.29) is 41.3 Å². The molecule has 2 N–H and O–H groups in total. The van der Waals surface area contributed by atoms with Crippen LogP contribution in [0.5, 0.6) is 5.75 Å². The third-order valence-electron chi connectivity index (χ3n) is 10.9. The van der Waals surface area contributed by atoms with Crippen molar-refractivity contribution in [3.05, 3.63) is 75.5 Å². The fourth-order valence-electron chi connectivity index (χ4n) is 7.71. The molecule has 1 unspecified atom stereocenters. The molecule has 10 nitrogen and oxygen atoms in total. The largest absolute Gasteiger partial charge is 0.573 e. The van der Waals surface area contributed by atoms with Crippen LogP contribution < -0.4 is 25.8 Å². The van der Waals surface area contributed by atoms with Crippen LogP contribution in [0.1, 0.15) is 55.2 Å². The molecule has 0 bridgehead atoms. The van der Waals surface area contributed by atoms with E-state index in [1.807, 2.05) is 4.90 Å². The Hall–Kier alpha value is -4.72. The molecule has 0 radical (unpaired) electrons. The van der Waals surface area contributed by atoms with Gasteiger partial charge < -0.3 is 19.5 Å². The number of imide groups is 1. The summed E-state index contributed by atoms with van der Waals surface area (Å²) in [7, 11) is 1.61. The number of hydrogen-bond donors (Lipinski definition) is 2. The molecular weight excluding hydrogens is 694 g/mol. The Labute approximate surface area is 305 Å². The lowest BCUT2D eigenvalue weighted by atomic mass is 9.88. The fraction of sp³-hybridized carbons (Fsp3) is 0.487. The number of rotatable bonds is 10. The Morgan fingerprint density at radius 2 is 1.66 bits per heavy atom. The molecule has 0 saturated carbocycles. The van der Waals surface area contributed by atoms with Crippen LogP contribution in [0.15, 0.2) is 47.4 Å². The maximum Gasteiger partial charge on any atom is 0.573 e. The predicted octanol–water partition coefficient (Wildman–Crippen LogP) is 5.66. The third kappa shape index (κ3) is 9.09. The topological polar surface area (TPSA) is 113 Å². The Kier molecular flexibility index (Phi) is 11.3. The van der Waals surface area contributed by atoms with Crippen LogP contribution in [-0.2, 0) is 27.9 Å². The molecule has 284 valence electrons. The minimum atomic E-state index is -4.86. The molecule has 14 heteroatoms. The van der Waals surface area contributed by atoms with Crippen LogP contribution >= 0.6 is 0 Å². The molecule has 3 fully saturated rings. The second-order valence-electron chi connectivity index (χ2n) is 14.5. The highest BCUT2D eigenvalue weighted by molar-refractivity contribution is 6.01. The van der Waals surface area contributed by atoms with Gasteiger partial charge in [-0.25, -0.2) is 4.39 Å². The number of ether oxygens (including phenoxy) is 1. The maximum atomic E-state index is 15.1. The summed E-state index contributed by atoms with van der Waals surface area (Å²) in [6.45, 7) is 6.15. The summed E-state index contributed by atoms with van der Waals surface area (Å²) in [5, 5.41) is 5.27.